The number of nitrogens with two attached hydrogens (primary N) is 1. The maximum atomic E-state index is 11.3. The zero-order chi connectivity index (χ0) is 13.4. The number of nitrogens with one attached hydrogen (secondary N) is 1. The fourth-order valence-corrected chi connectivity index (χ4v) is 1.33. The molecule has 0 aliphatic carbocycles. The first-order valence-corrected chi connectivity index (χ1v) is 5.41. The highest BCUT2D eigenvalue weighted by Crippen LogP contribution is 2.23. The van der Waals surface area contributed by atoms with Crippen LogP contribution in [0.5, 0.6) is 11.5 Å². The molecule has 0 saturated carbocycles. The molecule has 1 aromatic carbocycles. The Morgan fingerprint density at radius 1 is 1.56 bits per heavy atom. The van der Waals surface area contributed by atoms with E-state index in [1.807, 2.05) is 0 Å². The zero-order valence-electron chi connectivity index (χ0n) is 10.2. The van der Waals surface area contributed by atoms with Crippen molar-refractivity contribution >= 4 is 5.91 Å². The number of carbonyl (C=O) groups excluding carboxylic acids is 1. The predicted molar refractivity (Wildman–Crippen MR) is 68.2 cm³/mol. The van der Waals surface area contributed by atoms with Crippen LogP contribution in [0, 0.1) is 12.3 Å². The highest BCUT2D eigenvalue weighted by Gasteiger charge is 2.07. The maximum Gasteiger partial charge on any atom is 0.258 e. The minimum Gasteiger partial charge on any atom is -0.497 e. The average molecular weight is 248 g/mol. The van der Waals surface area contributed by atoms with Gasteiger partial charge in [-0.25, -0.2) is 0 Å². The third-order valence-corrected chi connectivity index (χ3v) is 2.23. The third-order valence-electron chi connectivity index (χ3n) is 2.23. The number of terminal acetylenes is 1. The molecule has 0 fully saturated rings. The summed E-state index contributed by atoms with van der Waals surface area (Å²) in [4.78, 5) is 11.3. The summed E-state index contributed by atoms with van der Waals surface area (Å²) >= 11 is 0. The van der Waals surface area contributed by atoms with Crippen molar-refractivity contribution in [2.75, 3.05) is 20.3 Å². The summed E-state index contributed by atoms with van der Waals surface area (Å²) in [6, 6.07) is 5.23. The summed E-state index contributed by atoms with van der Waals surface area (Å²) in [7, 11) is 1.57. The van der Waals surface area contributed by atoms with Crippen molar-refractivity contribution in [1.82, 2.24) is 5.32 Å². The van der Waals surface area contributed by atoms with Gasteiger partial charge in [0, 0.05) is 12.1 Å². The highest BCUT2D eigenvalue weighted by atomic mass is 16.5. The molecule has 1 rings (SSSR count). The van der Waals surface area contributed by atoms with Crippen molar-refractivity contribution in [1.29, 1.82) is 0 Å². The Morgan fingerprint density at radius 2 is 2.33 bits per heavy atom. The molecule has 0 saturated heterocycles. The number of rotatable bonds is 6. The Labute approximate surface area is 106 Å². The molecular weight excluding hydrogens is 232 g/mol. The minimum absolute atomic E-state index is 0.0962. The van der Waals surface area contributed by atoms with E-state index in [1.165, 1.54) is 0 Å². The fraction of sp³-hybridized carbons (Fsp3) is 0.308. The molecule has 0 radical (unpaired) electrons. The van der Waals surface area contributed by atoms with Crippen LogP contribution in [0.4, 0.5) is 0 Å². The first-order chi connectivity index (χ1) is 8.71. The van der Waals surface area contributed by atoms with Crippen LogP contribution in [0.15, 0.2) is 18.2 Å². The lowest BCUT2D eigenvalue weighted by molar-refractivity contribution is -0.122. The number of carbonyl (C=O) groups is 1. The normalized spacial score (nSPS) is 9.39. The first-order valence-electron chi connectivity index (χ1n) is 5.41. The van der Waals surface area contributed by atoms with Crippen molar-refractivity contribution in [3.05, 3.63) is 23.8 Å². The van der Waals surface area contributed by atoms with Crippen LogP contribution in [0.3, 0.4) is 0 Å². The van der Waals surface area contributed by atoms with E-state index < -0.39 is 0 Å². The van der Waals surface area contributed by atoms with Gasteiger partial charge in [0.2, 0.25) is 0 Å². The lowest BCUT2D eigenvalue weighted by Crippen LogP contribution is -2.29. The van der Waals surface area contributed by atoms with E-state index in [1.54, 1.807) is 25.3 Å². The van der Waals surface area contributed by atoms with Gasteiger partial charge >= 0.3 is 0 Å². The predicted octanol–water partition coefficient (Wildman–Crippen LogP) is 0.282. The number of ether oxygens (including phenoxy) is 2. The van der Waals surface area contributed by atoms with Crippen LogP contribution >= 0.6 is 0 Å². The smallest absolute Gasteiger partial charge is 0.258 e. The zero-order valence-corrected chi connectivity index (χ0v) is 10.2. The first kappa shape index (κ1) is 13.9. The lowest BCUT2D eigenvalue weighted by Gasteiger charge is -2.11. The van der Waals surface area contributed by atoms with Gasteiger partial charge in [0.05, 0.1) is 13.7 Å². The quantitative estimate of drug-likeness (QED) is 0.709. The van der Waals surface area contributed by atoms with Crippen LogP contribution in [0.2, 0.25) is 0 Å². The third kappa shape index (κ3) is 4.00. The van der Waals surface area contributed by atoms with Crippen LogP contribution in [0.25, 0.3) is 0 Å². The molecule has 3 N–H and O–H groups in total. The molecule has 96 valence electrons. The number of amides is 1. The molecule has 0 bridgehead atoms. The van der Waals surface area contributed by atoms with Crippen molar-refractivity contribution in [2.24, 2.45) is 5.73 Å². The molecule has 0 spiro atoms. The molecule has 0 aromatic heterocycles. The second kappa shape index (κ2) is 7.20. The lowest BCUT2D eigenvalue weighted by atomic mass is 10.2. The molecule has 0 heterocycles. The molecular formula is C13H16N2O3. The van der Waals surface area contributed by atoms with Crippen LogP contribution in [-0.4, -0.2) is 26.2 Å². The van der Waals surface area contributed by atoms with E-state index >= 15 is 0 Å². The fourth-order valence-electron chi connectivity index (χ4n) is 1.33. The van der Waals surface area contributed by atoms with E-state index in [-0.39, 0.29) is 19.1 Å². The van der Waals surface area contributed by atoms with Gasteiger partial charge < -0.3 is 20.5 Å². The molecule has 0 unspecified atom stereocenters. The van der Waals surface area contributed by atoms with Gasteiger partial charge in [-0.2, -0.15) is 0 Å². The molecule has 1 amide bonds. The Hall–Kier alpha value is -2.19. The van der Waals surface area contributed by atoms with Crippen molar-refractivity contribution < 1.29 is 14.3 Å². The summed E-state index contributed by atoms with van der Waals surface area (Å²) in [6.07, 6.45) is 5.03. The van der Waals surface area contributed by atoms with Crippen molar-refractivity contribution in [3.8, 4) is 23.8 Å². The van der Waals surface area contributed by atoms with E-state index in [2.05, 4.69) is 11.2 Å². The van der Waals surface area contributed by atoms with Gasteiger partial charge in [-0.3, -0.25) is 4.79 Å². The Balaban J connectivity index is 2.62. The largest absolute Gasteiger partial charge is 0.497 e. The summed E-state index contributed by atoms with van der Waals surface area (Å²) in [5.41, 5.74) is 6.38. The highest BCUT2D eigenvalue weighted by molar-refractivity contribution is 5.77. The second-order valence-corrected chi connectivity index (χ2v) is 3.45. The van der Waals surface area contributed by atoms with Crippen LogP contribution in [0.1, 0.15) is 5.56 Å². The van der Waals surface area contributed by atoms with Gasteiger partial charge in [-0.1, -0.05) is 5.92 Å². The SMILES string of the molecule is C#CCNC(=O)COc1ccc(OC)cc1CN. The molecule has 0 aliphatic heterocycles. The maximum absolute atomic E-state index is 11.3. The van der Waals surface area contributed by atoms with Gasteiger partial charge in [-0.05, 0) is 18.2 Å². The van der Waals surface area contributed by atoms with Crippen LogP contribution < -0.4 is 20.5 Å². The number of benzene rings is 1. The van der Waals surface area contributed by atoms with E-state index in [9.17, 15) is 4.79 Å². The Bertz CT molecular complexity index is 452. The number of hydrogen-bond acceptors (Lipinski definition) is 4. The van der Waals surface area contributed by atoms with Crippen LogP contribution in [-0.2, 0) is 11.3 Å². The molecule has 0 atom stereocenters. The van der Waals surface area contributed by atoms with Crippen molar-refractivity contribution in [2.45, 2.75) is 6.54 Å². The Morgan fingerprint density at radius 3 is 2.94 bits per heavy atom. The minimum atomic E-state index is -0.272. The standard InChI is InChI=1S/C13H16N2O3/c1-3-6-15-13(16)9-18-12-5-4-11(17-2)7-10(12)8-14/h1,4-5,7H,6,8-9,14H2,2H3,(H,15,16). The monoisotopic (exact) mass is 248 g/mol. The topological polar surface area (TPSA) is 73.6 Å². The molecule has 5 heteroatoms. The van der Waals surface area contributed by atoms with E-state index in [4.69, 9.17) is 21.6 Å². The van der Waals surface area contributed by atoms with Gasteiger partial charge in [0.25, 0.3) is 5.91 Å². The summed E-state index contributed by atoms with van der Waals surface area (Å²) in [6.45, 7) is 0.397. The number of hydrogen-bond donors (Lipinski definition) is 2. The van der Waals surface area contributed by atoms with E-state index in [0.29, 0.717) is 18.0 Å². The Kier molecular flexibility index (Phi) is 5.55. The summed E-state index contributed by atoms with van der Waals surface area (Å²) in [5.74, 6) is 3.30. The summed E-state index contributed by atoms with van der Waals surface area (Å²) in [5, 5.41) is 2.51. The van der Waals surface area contributed by atoms with Gasteiger partial charge in [-0.15, -0.1) is 6.42 Å². The number of methoxy groups -OCH3 is 1. The molecule has 1 aromatic rings. The molecule has 18 heavy (non-hydrogen) atoms. The average Bonchev–Trinajstić information content (AvgIpc) is 2.42. The molecule has 0 aliphatic rings. The molecule has 5 nitrogen and oxygen atoms in total. The van der Waals surface area contributed by atoms with Gasteiger partial charge in [0.1, 0.15) is 11.5 Å². The van der Waals surface area contributed by atoms with Crippen molar-refractivity contribution in [3.63, 3.8) is 0 Å². The summed E-state index contributed by atoms with van der Waals surface area (Å²) < 4.78 is 10.4. The second-order valence-electron chi connectivity index (χ2n) is 3.45. The van der Waals surface area contributed by atoms with Gasteiger partial charge in [0.15, 0.2) is 6.61 Å². The van der Waals surface area contributed by atoms with E-state index in [0.717, 1.165) is 5.56 Å².